The summed E-state index contributed by atoms with van der Waals surface area (Å²) in [4.78, 5) is 14.1. The standard InChI is InChI=1S/C17H14ClF2NO2/c1-21(2)10-16(23-13-6-3-11(18)4-7-13)17(22)14-8-5-12(19)9-15(14)20/h3-10H,1-2H3/b16-10+. The fourth-order valence-electron chi connectivity index (χ4n) is 1.80. The van der Waals surface area contributed by atoms with Gasteiger partial charge in [0.05, 0.1) is 5.56 Å². The molecule has 0 amide bonds. The fourth-order valence-corrected chi connectivity index (χ4v) is 1.93. The number of ketones is 1. The van der Waals surface area contributed by atoms with E-state index in [1.54, 1.807) is 43.3 Å². The van der Waals surface area contributed by atoms with Crippen LogP contribution in [0.4, 0.5) is 8.78 Å². The molecule has 0 bridgehead atoms. The summed E-state index contributed by atoms with van der Waals surface area (Å²) >= 11 is 5.80. The van der Waals surface area contributed by atoms with Gasteiger partial charge >= 0.3 is 0 Å². The second kappa shape index (κ2) is 7.24. The largest absolute Gasteiger partial charge is 0.452 e. The van der Waals surface area contributed by atoms with Crippen LogP contribution in [0.1, 0.15) is 10.4 Å². The molecule has 0 radical (unpaired) electrons. The number of ether oxygens (including phenoxy) is 1. The Hall–Kier alpha value is -2.40. The lowest BCUT2D eigenvalue weighted by Crippen LogP contribution is -2.15. The van der Waals surface area contributed by atoms with Gasteiger partial charge in [0.1, 0.15) is 17.4 Å². The first kappa shape index (κ1) is 17.0. The maximum absolute atomic E-state index is 13.8. The van der Waals surface area contributed by atoms with E-state index in [2.05, 4.69) is 0 Å². The molecule has 6 heteroatoms. The molecule has 2 rings (SSSR count). The van der Waals surface area contributed by atoms with Crippen molar-refractivity contribution in [3.8, 4) is 5.75 Å². The Labute approximate surface area is 137 Å². The number of carbonyl (C=O) groups is 1. The summed E-state index contributed by atoms with van der Waals surface area (Å²) in [6, 6.07) is 9.14. The lowest BCUT2D eigenvalue weighted by molar-refractivity contribution is 0.0978. The summed E-state index contributed by atoms with van der Waals surface area (Å²) in [5.74, 6) is -2.11. The first-order valence-electron chi connectivity index (χ1n) is 6.68. The van der Waals surface area contributed by atoms with Crippen LogP contribution in [-0.2, 0) is 0 Å². The van der Waals surface area contributed by atoms with Gasteiger partial charge in [0.15, 0.2) is 5.76 Å². The normalized spacial score (nSPS) is 11.3. The Morgan fingerprint density at radius 1 is 1.13 bits per heavy atom. The van der Waals surface area contributed by atoms with E-state index in [0.29, 0.717) is 16.8 Å². The molecule has 0 spiro atoms. The van der Waals surface area contributed by atoms with Crippen molar-refractivity contribution in [2.24, 2.45) is 0 Å². The number of rotatable bonds is 5. The summed E-state index contributed by atoms with van der Waals surface area (Å²) < 4.78 is 32.3. The van der Waals surface area contributed by atoms with Crippen molar-refractivity contribution in [3.63, 3.8) is 0 Å². The van der Waals surface area contributed by atoms with Crippen molar-refractivity contribution in [1.82, 2.24) is 4.90 Å². The Bertz CT molecular complexity index is 743. The zero-order chi connectivity index (χ0) is 17.0. The summed E-state index contributed by atoms with van der Waals surface area (Å²) in [6.07, 6.45) is 1.42. The van der Waals surface area contributed by atoms with E-state index in [1.165, 1.54) is 6.20 Å². The molecule has 0 heterocycles. The molecule has 2 aromatic carbocycles. The monoisotopic (exact) mass is 337 g/mol. The van der Waals surface area contributed by atoms with Crippen molar-refractivity contribution in [3.05, 3.63) is 76.6 Å². The van der Waals surface area contributed by atoms with Crippen molar-refractivity contribution in [1.29, 1.82) is 0 Å². The molecule has 0 saturated carbocycles. The molecular weight excluding hydrogens is 324 g/mol. The SMILES string of the molecule is CN(C)/C=C(/Oc1ccc(Cl)cc1)C(=O)c1ccc(F)cc1F. The second-order valence-corrected chi connectivity index (χ2v) is 5.40. The van der Waals surface area contributed by atoms with E-state index in [0.717, 1.165) is 12.1 Å². The van der Waals surface area contributed by atoms with Crippen molar-refractivity contribution >= 4 is 17.4 Å². The van der Waals surface area contributed by atoms with Gasteiger partial charge in [-0.15, -0.1) is 0 Å². The van der Waals surface area contributed by atoms with Gasteiger partial charge in [-0.05, 0) is 36.4 Å². The Morgan fingerprint density at radius 2 is 1.78 bits per heavy atom. The average Bonchev–Trinajstić information content (AvgIpc) is 2.48. The van der Waals surface area contributed by atoms with Gasteiger partial charge in [-0.25, -0.2) is 8.78 Å². The molecule has 23 heavy (non-hydrogen) atoms. The number of allylic oxidation sites excluding steroid dienone is 1. The second-order valence-electron chi connectivity index (χ2n) is 4.97. The smallest absolute Gasteiger partial charge is 0.232 e. The van der Waals surface area contributed by atoms with E-state index in [4.69, 9.17) is 16.3 Å². The molecule has 0 aliphatic heterocycles. The van der Waals surface area contributed by atoms with Gasteiger partial charge in [-0.1, -0.05) is 11.6 Å². The van der Waals surface area contributed by atoms with Gasteiger partial charge in [-0.3, -0.25) is 4.79 Å². The molecule has 0 aliphatic carbocycles. The summed E-state index contributed by atoms with van der Waals surface area (Å²) in [7, 11) is 3.39. The fraction of sp³-hybridized carbons (Fsp3) is 0.118. The number of nitrogens with zero attached hydrogens (tertiary/aromatic N) is 1. The molecule has 0 aromatic heterocycles. The minimum absolute atomic E-state index is 0.0946. The zero-order valence-electron chi connectivity index (χ0n) is 12.5. The molecule has 2 aromatic rings. The molecule has 0 fully saturated rings. The molecule has 0 atom stereocenters. The number of hydrogen-bond acceptors (Lipinski definition) is 3. The summed E-state index contributed by atoms with van der Waals surface area (Å²) in [5, 5.41) is 0.520. The number of halogens is 3. The Morgan fingerprint density at radius 3 is 2.35 bits per heavy atom. The number of carbonyl (C=O) groups excluding carboxylic acids is 1. The highest BCUT2D eigenvalue weighted by atomic mass is 35.5. The minimum atomic E-state index is -0.945. The maximum atomic E-state index is 13.8. The summed E-state index contributed by atoms with van der Waals surface area (Å²) in [6.45, 7) is 0. The van der Waals surface area contributed by atoms with E-state index < -0.39 is 17.4 Å². The van der Waals surface area contributed by atoms with Gasteiger partial charge in [-0.2, -0.15) is 0 Å². The highest BCUT2D eigenvalue weighted by Crippen LogP contribution is 2.21. The number of benzene rings is 2. The molecule has 0 aliphatic rings. The Kier molecular flexibility index (Phi) is 5.34. The lowest BCUT2D eigenvalue weighted by atomic mass is 10.1. The van der Waals surface area contributed by atoms with Crippen LogP contribution in [-0.4, -0.2) is 24.8 Å². The van der Waals surface area contributed by atoms with Gasteiger partial charge in [0.25, 0.3) is 0 Å². The van der Waals surface area contributed by atoms with E-state index in [1.807, 2.05) is 0 Å². The highest BCUT2D eigenvalue weighted by molar-refractivity contribution is 6.30. The first-order chi connectivity index (χ1) is 10.9. The van der Waals surface area contributed by atoms with E-state index in [9.17, 15) is 13.6 Å². The van der Waals surface area contributed by atoms with Crippen molar-refractivity contribution in [2.75, 3.05) is 14.1 Å². The van der Waals surface area contributed by atoms with Gasteiger partial charge < -0.3 is 9.64 Å². The molecule has 3 nitrogen and oxygen atoms in total. The number of Topliss-reactive ketones (excluding diaryl/α,β-unsaturated/α-hetero) is 1. The predicted molar refractivity (Wildman–Crippen MR) is 84.5 cm³/mol. The zero-order valence-corrected chi connectivity index (χ0v) is 13.3. The van der Waals surface area contributed by atoms with Crippen LogP contribution in [0.15, 0.2) is 54.4 Å². The molecule has 0 unspecified atom stereocenters. The van der Waals surface area contributed by atoms with E-state index >= 15 is 0 Å². The maximum Gasteiger partial charge on any atom is 0.232 e. The molecule has 120 valence electrons. The lowest BCUT2D eigenvalue weighted by Gasteiger charge is -2.13. The third-order valence-corrected chi connectivity index (χ3v) is 3.07. The first-order valence-corrected chi connectivity index (χ1v) is 7.06. The average molecular weight is 338 g/mol. The highest BCUT2D eigenvalue weighted by Gasteiger charge is 2.19. The third kappa shape index (κ3) is 4.53. The van der Waals surface area contributed by atoms with Crippen LogP contribution in [0, 0.1) is 11.6 Å². The van der Waals surface area contributed by atoms with Crippen LogP contribution < -0.4 is 4.74 Å². The minimum Gasteiger partial charge on any atom is -0.452 e. The third-order valence-electron chi connectivity index (χ3n) is 2.82. The summed E-state index contributed by atoms with van der Waals surface area (Å²) in [5.41, 5.74) is -0.270. The van der Waals surface area contributed by atoms with Crippen molar-refractivity contribution in [2.45, 2.75) is 0 Å². The Balaban J connectivity index is 2.34. The van der Waals surface area contributed by atoms with Crippen LogP contribution in [0.2, 0.25) is 5.02 Å². The van der Waals surface area contributed by atoms with Crippen molar-refractivity contribution < 1.29 is 18.3 Å². The predicted octanol–water partition coefficient (Wildman–Crippen LogP) is 4.28. The van der Waals surface area contributed by atoms with Gasteiger partial charge in [0.2, 0.25) is 5.78 Å². The van der Waals surface area contributed by atoms with Crippen LogP contribution >= 0.6 is 11.6 Å². The number of hydrogen-bond donors (Lipinski definition) is 0. The van der Waals surface area contributed by atoms with Crippen LogP contribution in [0.5, 0.6) is 5.75 Å². The van der Waals surface area contributed by atoms with Gasteiger partial charge in [0, 0.05) is 31.4 Å². The molecular formula is C17H14ClF2NO2. The molecule has 0 N–H and O–H groups in total. The van der Waals surface area contributed by atoms with Crippen LogP contribution in [0.3, 0.4) is 0 Å². The topological polar surface area (TPSA) is 29.5 Å². The molecule has 0 saturated heterocycles. The van der Waals surface area contributed by atoms with E-state index in [-0.39, 0.29) is 11.3 Å². The quantitative estimate of drug-likeness (QED) is 0.463. The van der Waals surface area contributed by atoms with Crippen LogP contribution in [0.25, 0.3) is 0 Å².